The summed E-state index contributed by atoms with van der Waals surface area (Å²) >= 11 is 0. The number of fused-ring (bicyclic) bond motifs is 1. The van der Waals surface area contributed by atoms with Gasteiger partial charge in [-0.3, -0.25) is 14.8 Å². The lowest BCUT2D eigenvalue weighted by molar-refractivity contribution is -0.138. The van der Waals surface area contributed by atoms with Gasteiger partial charge in [0.2, 0.25) is 0 Å². The number of carbonyl (C=O) groups is 1. The monoisotopic (exact) mass is 589 g/mol. The minimum Gasteiger partial charge on any atom is -0.322 e. The third-order valence-corrected chi connectivity index (χ3v) is 7.72. The molecule has 0 saturated carbocycles. The number of pyridine rings is 1. The Morgan fingerprint density at radius 2 is 1.81 bits per heavy atom. The lowest BCUT2D eigenvalue weighted by atomic mass is 10.0. The molecule has 10 nitrogen and oxygen atoms in total. The summed E-state index contributed by atoms with van der Waals surface area (Å²) in [5.74, 6) is -0.529. The van der Waals surface area contributed by atoms with Crippen LogP contribution in [0.25, 0.3) is 28.0 Å². The molecule has 4 heterocycles. The summed E-state index contributed by atoms with van der Waals surface area (Å²) in [7, 11) is 2.00. The maximum absolute atomic E-state index is 14.1. The van der Waals surface area contributed by atoms with Crippen LogP contribution in [0.4, 0.5) is 18.9 Å². The van der Waals surface area contributed by atoms with Crippen LogP contribution < -0.4 is 5.32 Å². The minimum atomic E-state index is -4.55. The number of nitrogens with one attached hydrogen (secondary N) is 2. The van der Waals surface area contributed by atoms with Gasteiger partial charge in [0, 0.05) is 61.1 Å². The van der Waals surface area contributed by atoms with Gasteiger partial charge in [-0.1, -0.05) is 24.3 Å². The summed E-state index contributed by atoms with van der Waals surface area (Å²) in [6, 6.07) is 11.0. The van der Waals surface area contributed by atoms with Crippen LogP contribution in [0.15, 0.2) is 61.1 Å². The second-order valence-corrected chi connectivity index (χ2v) is 10.7. The number of piperazine rings is 1. The van der Waals surface area contributed by atoms with Crippen molar-refractivity contribution in [3.05, 3.63) is 83.3 Å². The van der Waals surface area contributed by atoms with Gasteiger partial charge in [0.15, 0.2) is 5.65 Å². The Morgan fingerprint density at radius 1 is 1.02 bits per heavy atom. The number of benzene rings is 2. The molecule has 0 unspecified atom stereocenters. The Balaban J connectivity index is 1.23. The van der Waals surface area contributed by atoms with E-state index in [1.165, 1.54) is 12.1 Å². The lowest BCUT2D eigenvalue weighted by Gasteiger charge is -2.33. The van der Waals surface area contributed by atoms with E-state index in [0.29, 0.717) is 36.5 Å². The van der Waals surface area contributed by atoms with Gasteiger partial charge in [-0.05, 0) is 54.9 Å². The number of amides is 1. The van der Waals surface area contributed by atoms with Crippen molar-refractivity contribution >= 4 is 22.6 Å². The van der Waals surface area contributed by atoms with E-state index in [2.05, 4.69) is 35.7 Å². The Hall–Kier alpha value is -4.62. The molecule has 0 bridgehead atoms. The third kappa shape index (κ3) is 6.13. The van der Waals surface area contributed by atoms with Crippen molar-refractivity contribution in [3.8, 4) is 16.9 Å². The van der Waals surface area contributed by atoms with Crippen molar-refractivity contribution in [3.63, 3.8) is 0 Å². The quantitative estimate of drug-likeness (QED) is 0.281. The number of rotatable bonds is 7. The summed E-state index contributed by atoms with van der Waals surface area (Å²) in [6.07, 6.45) is 1.20. The molecule has 0 spiro atoms. The smallest absolute Gasteiger partial charge is 0.322 e. The molecule has 1 aliphatic heterocycles. The van der Waals surface area contributed by atoms with Crippen LogP contribution in [0.5, 0.6) is 0 Å². The number of hydrogen-bond acceptors (Lipinski definition) is 7. The molecular weight excluding hydrogens is 559 g/mol. The van der Waals surface area contributed by atoms with Crippen LogP contribution in [0.1, 0.15) is 34.0 Å². The molecule has 0 radical (unpaired) electrons. The Labute approximate surface area is 245 Å². The topological polar surface area (TPSA) is 108 Å². The molecule has 1 saturated heterocycles. The van der Waals surface area contributed by atoms with Crippen molar-refractivity contribution in [2.75, 3.05) is 38.5 Å². The van der Waals surface area contributed by atoms with Gasteiger partial charge in [0.05, 0.1) is 23.6 Å². The highest BCUT2D eigenvalue weighted by Crippen LogP contribution is 2.35. The summed E-state index contributed by atoms with van der Waals surface area (Å²) in [6.45, 7) is 5.20. The maximum atomic E-state index is 14.1. The third-order valence-electron chi connectivity index (χ3n) is 7.72. The predicted molar refractivity (Wildman–Crippen MR) is 156 cm³/mol. The molecule has 2 N–H and O–H groups in total. The highest BCUT2D eigenvalue weighted by molar-refractivity contribution is 6.04. The number of carbonyl (C=O) groups excluding carboxylic acids is 1. The van der Waals surface area contributed by atoms with Gasteiger partial charge in [-0.15, -0.1) is 5.10 Å². The molecule has 13 heteroatoms. The first-order chi connectivity index (χ1) is 20.7. The van der Waals surface area contributed by atoms with Crippen LogP contribution in [0.2, 0.25) is 0 Å². The van der Waals surface area contributed by atoms with Gasteiger partial charge in [0.1, 0.15) is 5.69 Å². The Morgan fingerprint density at radius 3 is 2.58 bits per heavy atom. The maximum Gasteiger partial charge on any atom is 0.416 e. The average Bonchev–Trinajstić information content (AvgIpc) is 3.68. The molecule has 6 rings (SSSR count). The van der Waals surface area contributed by atoms with Crippen molar-refractivity contribution in [2.24, 2.45) is 0 Å². The number of aromatic nitrogens is 6. The molecule has 5 aromatic rings. The van der Waals surface area contributed by atoms with Gasteiger partial charge in [-0.25, -0.2) is 9.67 Å². The fourth-order valence-electron chi connectivity index (χ4n) is 5.21. The first-order valence-electron chi connectivity index (χ1n) is 14.0. The number of alkyl halides is 3. The molecule has 0 atom stereocenters. The Bertz CT molecular complexity index is 1770. The molecule has 43 heavy (non-hydrogen) atoms. The summed E-state index contributed by atoms with van der Waals surface area (Å²) < 4.78 is 43.7. The number of anilines is 1. The van der Waals surface area contributed by atoms with E-state index in [9.17, 15) is 18.0 Å². The zero-order chi connectivity index (χ0) is 30.1. The van der Waals surface area contributed by atoms with Crippen LogP contribution in [-0.2, 0) is 19.1 Å². The summed E-state index contributed by atoms with van der Waals surface area (Å²) in [4.78, 5) is 21.8. The average molecular weight is 590 g/mol. The second kappa shape index (κ2) is 11.6. The zero-order valence-electron chi connectivity index (χ0n) is 23.7. The van der Waals surface area contributed by atoms with Gasteiger partial charge < -0.3 is 10.2 Å². The number of hydrogen-bond donors (Lipinski definition) is 2. The van der Waals surface area contributed by atoms with E-state index >= 15 is 0 Å². The SMILES string of the molecule is CCc1ccc(C(=O)Nc2ccc(CN3CCN(C)CC3)c(C(F)(F)F)c2)cc1-n1cc(-c2cnc3[nH]ncc3c2)nn1. The number of likely N-dealkylation sites (N-methyl/N-ethyl adjacent to an activating group) is 1. The van der Waals surface area contributed by atoms with E-state index in [1.54, 1.807) is 35.4 Å². The van der Waals surface area contributed by atoms with E-state index in [1.807, 2.05) is 31.0 Å². The number of halogens is 3. The highest BCUT2D eigenvalue weighted by atomic mass is 19.4. The minimum absolute atomic E-state index is 0.0748. The van der Waals surface area contributed by atoms with Crippen molar-refractivity contribution in [1.29, 1.82) is 0 Å². The number of aryl methyl sites for hydroxylation is 1. The van der Waals surface area contributed by atoms with Crippen molar-refractivity contribution < 1.29 is 18.0 Å². The molecule has 1 fully saturated rings. The van der Waals surface area contributed by atoms with Crippen molar-refractivity contribution in [1.82, 2.24) is 40.0 Å². The second-order valence-electron chi connectivity index (χ2n) is 10.7. The predicted octanol–water partition coefficient (Wildman–Crippen LogP) is 4.79. The van der Waals surface area contributed by atoms with E-state index in [4.69, 9.17) is 0 Å². The number of nitrogens with zero attached hydrogens (tertiary/aromatic N) is 7. The molecule has 3 aromatic heterocycles. The van der Waals surface area contributed by atoms with Crippen LogP contribution in [0, 0.1) is 0 Å². The summed E-state index contributed by atoms with van der Waals surface area (Å²) in [5.41, 5.74) is 3.36. The summed E-state index contributed by atoms with van der Waals surface area (Å²) in [5, 5.41) is 18.8. The van der Waals surface area contributed by atoms with Gasteiger partial charge in [0.25, 0.3) is 5.91 Å². The largest absolute Gasteiger partial charge is 0.416 e. The molecule has 2 aromatic carbocycles. The zero-order valence-corrected chi connectivity index (χ0v) is 23.7. The first-order valence-corrected chi connectivity index (χ1v) is 14.0. The normalized spacial score (nSPS) is 14.8. The lowest BCUT2D eigenvalue weighted by Crippen LogP contribution is -2.44. The van der Waals surface area contributed by atoms with Crippen molar-refractivity contribution in [2.45, 2.75) is 26.1 Å². The molecule has 0 aliphatic carbocycles. The van der Waals surface area contributed by atoms with E-state index in [0.717, 1.165) is 35.7 Å². The molecular formula is C30H30F3N9O. The fraction of sp³-hybridized carbons (Fsp3) is 0.300. The number of H-pyrrole nitrogens is 1. The van der Waals surface area contributed by atoms with E-state index in [-0.39, 0.29) is 23.4 Å². The molecule has 1 aliphatic rings. The number of aromatic amines is 1. The van der Waals surface area contributed by atoms with Crippen LogP contribution in [-0.4, -0.2) is 79.1 Å². The Kier molecular flexibility index (Phi) is 7.67. The highest BCUT2D eigenvalue weighted by Gasteiger charge is 2.34. The van der Waals surface area contributed by atoms with E-state index < -0.39 is 17.6 Å². The van der Waals surface area contributed by atoms with Gasteiger partial charge in [-0.2, -0.15) is 18.3 Å². The fourth-order valence-corrected chi connectivity index (χ4v) is 5.21. The van der Waals surface area contributed by atoms with Crippen LogP contribution in [0.3, 0.4) is 0 Å². The molecule has 222 valence electrons. The van der Waals surface area contributed by atoms with Crippen LogP contribution >= 0.6 is 0 Å². The molecule has 1 amide bonds. The van der Waals surface area contributed by atoms with Gasteiger partial charge >= 0.3 is 6.18 Å². The standard InChI is InChI=1S/C30H30F3N9O/c1-3-19-4-5-20(13-27(19)42-18-26(37-39-42)22-12-23-16-35-38-28(23)34-15-22)29(43)36-24-7-6-21(25(14-24)30(31,32)33)17-41-10-8-40(2)9-11-41/h4-7,12-16,18H,3,8-11,17H2,1-2H3,(H,36,43)(H,34,35,38). The first kappa shape index (κ1) is 28.5.